The van der Waals surface area contributed by atoms with E-state index in [2.05, 4.69) is 29.6 Å². The van der Waals surface area contributed by atoms with Crippen LogP contribution in [-0.2, 0) is 6.42 Å². The highest BCUT2D eigenvalue weighted by Gasteiger charge is 2.20. The van der Waals surface area contributed by atoms with Crippen molar-refractivity contribution >= 4 is 0 Å². The van der Waals surface area contributed by atoms with Gasteiger partial charge in [0.25, 0.3) is 0 Å². The first-order chi connectivity index (χ1) is 6.84. The van der Waals surface area contributed by atoms with Crippen molar-refractivity contribution in [1.29, 1.82) is 0 Å². The average molecular weight is 190 g/mol. The van der Waals surface area contributed by atoms with Crippen LogP contribution >= 0.6 is 0 Å². The van der Waals surface area contributed by atoms with E-state index in [1.54, 1.807) is 0 Å². The van der Waals surface area contributed by atoms with Gasteiger partial charge in [-0.15, -0.1) is 0 Å². The maximum atomic E-state index is 9.50. The summed E-state index contributed by atoms with van der Waals surface area (Å²) in [6.07, 6.45) is 2.50. The Labute approximate surface area is 85.0 Å². The van der Waals surface area contributed by atoms with Crippen LogP contribution in [0.1, 0.15) is 18.4 Å². The quantitative estimate of drug-likeness (QED) is 0.750. The molecule has 1 aromatic rings. The maximum absolute atomic E-state index is 9.50. The molecule has 2 unspecified atom stereocenters. The van der Waals surface area contributed by atoms with Gasteiger partial charge in [0.1, 0.15) is 0 Å². The maximum Gasteiger partial charge on any atom is 0.0568 e. The van der Waals surface area contributed by atoms with Crippen LogP contribution < -0.4 is 5.32 Å². The van der Waals surface area contributed by atoms with Crippen LogP contribution in [0.3, 0.4) is 0 Å². The Balaban J connectivity index is 1.91. The minimum atomic E-state index is -0.138. The molecule has 1 fully saturated rings. The van der Waals surface area contributed by atoms with E-state index >= 15 is 0 Å². The van der Waals surface area contributed by atoms with Crippen LogP contribution in [-0.4, -0.2) is 23.8 Å². The van der Waals surface area contributed by atoms with Crippen molar-refractivity contribution in [2.24, 2.45) is 0 Å². The van der Waals surface area contributed by atoms with E-state index in [0.29, 0.717) is 6.04 Å². The number of rotatable bonds is 2. The lowest BCUT2D eigenvalue weighted by Gasteiger charge is -2.25. The third-order valence-electron chi connectivity index (χ3n) is 2.71. The van der Waals surface area contributed by atoms with Gasteiger partial charge in [0, 0.05) is 12.6 Å². The number of hydrogen-bond acceptors (Lipinski definition) is 1. The van der Waals surface area contributed by atoms with Crippen LogP contribution in [0.15, 0.2) is 30.3 Å². The minimum Gasteiger partial charge on any atom is -0.393 e. The standard InChI is InChI=1S/C12H16NO/c14-12-6-7-13-11(9-12)8-10-4-2-1-3-5-10/h1-5,11-12,14H,6-9H2. The summed E-state index contributed by atoms with van der Waals surface area (Å²) in [5, 5.41) is 14.0. The highest BCUT2D eigenvalue weighted by atomic mass is 16.3. The molecule has 0 amide bonds. The van der Waals surface area contributed by atoms with Crippen molar-refractivity contribution in [1.82, 2.24) is 5.32 Å². The summed E-state index contributed by atoms with van der Waals surface area (Å²) < 4.78 is 0. The van der Waals surface area contributed by atoms with Crippen LogP contribution in [0.2, 0.25) is 0 Å². The van der Waals surface area contributed by atoms with Gasteiger partial charge in [0.2, 0.25) is 0 Å². The zero-order chi connectivity index (χ0) is 9.80. The molecule has 0 spiro atoms. The Morgan fingerprint density at radius 3 is 2.79 bits per heavy atom. The molecule has 2 nitrogen and oxygen atoms in total. The Morgan fingerprint density at radius 1 is 1.29 bits per heavy atom. The Bertz CT molecular complexity index is 273. The zero-order valence-corrected chi connectivity index (χ0v) is 8.26. The molecular formula is C12H16NO. The van der Waals surface area contributed by atoms with Crippen molar-refractivity contribution in [3.8, 4) is 0 Å². The Kier molecular flexibility index (Phi) is 3.17. The smallest absolute Gasteiger partial charge is 0.0568 e. The largest absolute Gasteiger partial charge is 0.393 e. The second-order valence-electron chi connectivity index (χ2n) is 3.93. The third kappa shape index (κ3) is 2.56. The molecule has 2 atom stereocenters. The molecule has 0 bridgehead atoms. The van der Waals surface area contributed by atoms with E-state index in [1.807, 2.05) is 6.07 Å². The predicted molar refractivity (Wildman–Crippen MR) is 56.2 cm³/mol. The van der Waals surface area contributed by atoms with Gasteiger partial charge in [0.15, 0.2) is 0 Å². The number of aliphatic hydroxyl groups excluding tert-OH is 1. The highest BCUT2D eigenvalue weighted by Crippen LogP contribution is 2.14. The summed E-state index contributed by atoms with van der Waals surface area (Å²) in [6, 6.07) is 10.7. The third-order valence-corrected chi connectivity index (χ3v) is 2.71. The van der Waals surface area contributed by atoms with E-state index in [9.17, 15) is 5.11 Å². The van der Waals surface area contributed by atoms with Crippen LogP contribution in [0.4, 0.5) is 0 Å². The first-order valence-corrected chi connectivity index (χ1v) is 5.23. The molecule has 1 N–H and O–H groups in total. The Morgan fingerprint density at radius 2 is 2.07 bits per heavy atom. The van der Waals surface area contributed by atoms with E-state index in [4.69, 9.17) is 0 Å². The number of piperidine rings is 1. The zero-order valence-electron chi connectivity index (χ0n) is 8.26. The summed E-state index contributed by atoms with van der Waals surface area (Å²) in [5.74, 6) is 0. The summed E-state index contributed by atoms with van der Waals surface area (Å²) >= 11 is 0. The molecule has 1 radical (unpaired) electrons. The topological polar surface area (TPSA) is 34.3 Å². The Hall–Kier alpha value is -0.860. The van der Waals surface area contributed by atoms with E-state index < -0.39 is 0 Å². The van der Waals surface area contributed by atoms with Gasteiger partial charge in [-0.3, -0.25) is 0 Å². The summed E-state index contributed by atoms with van der Waals surface area (Å²) in [6.45, 7) is 0.818. The summed E-state index contributed by atoms with van der Waals surface area (Å²) in [4.78, 5) is 0. The molecule has 1 saturated heterocycles. The number of benzene rings is 1. The second-order valence-corrected chi connectivity index (χ2v) is 3.93. The number of hydrogen-bond donors (Lipinski definition) is 1. The van der Waals surface area contributed by atoms with Crippen molar-refractivity contribution in [3.05, 3.63) is 35.9 Å². The molecule has 1 aliphatic rings. The summed E-state index contributed by atoms with van der Waals surface area (Å²) in [5.41, 5.74) is 1.32. The average Bonchev–Trinajstić information content (AvgIpc) is 2.19. The van der Waals surface area contributed by atoms with Gasteiger partial charge in [-0.1, -0.05) is 30.3 Å². The van der Waals surface area contributed by atoms with Gasteiger partial charge < -0.3 is 5.11 Å². The van der Waals surface area contributed by atoms with Gasteiger partial charge in [-0.2, -0.15) is 0 Å². The monoisotopic (exact) mass is 190 g/mol. The fourth-order valence-electron chi connectivity index (χ4n) is 1.95. The summed E-state index contributed by atoms with van der Waals surface area (Å²) in [7, 11) is 0. The first kappa shape index (κ1) is 9.69. The molecule has 75 valence electrons. The molecular weight excluding hydrogens is 174 g/mol. The van der Waals surface area contributed by atoms with Crippen molar-refractivity contribution in [2.75, 3.05) is 6.54 Å². The molecule has 0 aromatic heterocycles. The molecule has 2 rings (SSSR count). The normalized spacial score (nSPS) is 27.5. The first-order valence-electron chi connectivity index (χ1n) is 5.23. The van der Waals surface area contributed by atoms with Crippen molar-refractivity contribution < 1.29 is 5.11 Å². The minimum absolute atomic E-state index is 0.138. The SMILES string of the molecule is OC1CC[N]C(Cc2ccccc2)C1. The number of aliphatic hydroxyl groups is 1. The molecule has 14 heavy (non-hydrogen) atoms. The fraction of sp³-hybridized carbons (Fsp3) is 0.500. The molecule has 0 aliphatic carbocycles. The van der Waals surface area contributed by atoms with Gasteiger partial charge in [0.05, 0.1) is 6.10 Å². The van der Waals surface area contributed by atoms with Gasteiger partial charge in [-0.25, -0.2) is 5.32 Å². The second kappa shape index (κ2) is 4.58. The van der Waals surface area contributed by atoms with Crippen molar-refractivity contribution in [2.45, 2.75) is 31.4 Å². The molecule has 1 aromatic carbocycles. The van der Waals surface area contributed by atoms with Crippen LogP contribution in [0.5, 0.6) is 0 Å². The van der Waals surface area contributed by atoms with E-state index in [1.165, 1.54) is 5.56 Å². The highest BCUT2D eigenvalue weighted by molar-refractivity contribution is 5.16. The lowest BCUT2D eigenvalue weighted by molar-refractivity contribution is 0.115. The van der Waals surface area contributed by atoms with Crippen LogP contribution in [0.25, 0.3) is 0 Å². The lowest BCUT2D eigenvalue weighted by Crippen LogP contribution is -2.36. The van der Waals surface area contributed by atoms with E-state index in [0.717, 1.165) is 25.8 Å². The van der Waals surface area contributed by atoms with E-state index in [-0.39, 0.29) is 6.10 Å². The molecule has 1 aliphatic heterocycles. The van der Waals surface area contributed by atoms with Crippen LogP contribution in [0, 0.1) is 0 Å². The van der Waals surface area contributed by atoms with Gasteiger partial charge in [-0.05, 0) is 24.8 Å². The fourth-order valence-corrected chi connectivity index (χ4v) is 1.95. The molecule has 0 saturated carbocycles. The molecule has 2 heteroatoms. The lowest BCUT2D eigenvalue weighted by atomic mass is 9.96. The van der Waals surface area contributed by atoms with Gasteiger partial charge >= 0.3 is 0 Å². The predicted octanol–water partition coefficient (Wildman–Crippen LogP) is 1.36. The van der Waals surface area contributed by atoms with Crippen molar-refractivity contribution in [3.63, 3.8) is 0 Å². The molecule has 1 heterocycles. The number of nitrogens with zero attached hydrogens (tertiary/aromatic N) is 1.